The lowest BCUT2D eigenvalue weighted by Gasteiger charge is -2.19. The van der Waals surface area contributed by atoms with Gasteiger partial charge in [0.1, 0.15) is 6.61 Å². The molecule has 0 aromatic carbocycles. The summed E-state index contributed by atoms with van der Waals surface area (Å²) in [5, 5.41) is 0. The lowest BCUT2D eigenvalue weighted by molar-refractivity contribution is -0.184. The Balaban J connectivity index is 2.39. The van der Waals surface area contributed by atoms with Crippen LogP contribution >= 0.6 is 0 Å². The maximum Gasteiger partial charge on any atom is 0.471 e. The third-order valence-corrected chi connectivity index (χ3v) is 2.39. The van der Waals surface area contributed by atoms with Gasteiger partial charge >= 0.3 is 12.1 Å². The molecule has 0 saturated heterocycles. The highest BCUT2D eigenvalue weighted by Crippen LogP contribution is 2.17. The molecule has 0 fully saturated rings. The van der Waals surface area contributed by atoms with Gasteiger partial charge in [0.15, 0.2) is 0 Å². The van der Waals surface area contributed by atoms with Crippen molar-refractivity contribution in [2.24, 2.45) is 5.73 Å². The monoisotopic (exact) mass is 276 g/mol. The van der Waals surface area contributed by atoms with E-state index >= 15 is 0 Å². The zero-order valence-electron chi connectivity index (χ0n) is 10.4. The number of hydrogen-bond donors (Lipinski definition) is 1. The lowest BCUT2D eigenvalue weighted by atomic mass is 10.3. The van der Waals surface area contributed by atoms with Gasteiger partial charge in [-0.05, 0) is 18.2 Å². The Morgan fingerprint density at radius 1 is 1.47 bits per heavy atom. The predicted molar refractivity (Wildman–Crippen MR) is 63.8 cm³/mol. The van der Waals surface area contributed by atoms with Crippen LogP contribution in [0.4, 0.5) is 13.2 Å². The number of rotatable bonds is 4. The van der Waals surface area contributed by atoms with Crippen LogP contribution in [0.25, 0.3) is 0 Å². The van der Waals surface area contributed by atoms with Crippen molar-refractivity contribution in [3.63, 3.8) is 0 Å². The van der Waals surface area contributed by atoms with Crippen LogP contribution in [0.2, 0.25) is 0 Å². The molecular formula is C12H15F3N2O2. The molecule has 1 rings (SSSR count). The van der Waals surface area contributed by atoms with E-state index in [-0.39, 0.29) is 13.2 Å². The number of likely N-dealkylation sites (N-methyl/N-ethyl adjacent to an activating group) is 1. The van der Waals surface area contributed by atoms with Gasteiger partial charge in [-0.3, -0.25) is 4.79 Å². The third-order valence-electron chi connectivity index (χ3n) is 2.39. The van der Waals surface area contributed by atoms with Gasteiger partial charge in [-0.2, -0.15) is 13.2 Å². The van der Waals surface area contributed by atoms with Crippen LogP contribution in [0.1, 0.15) is 6.42 Å². The van der Waals surface area contributed by atoms with Gasteiger partial charge in [-0.25, -0.2) is 0 Å². The molecule has 0 heterocycles. The summed E-state index contributed by atoms with van der Waals surface area (Å²) in [4.78, 5) is 11.4. The topological polar surface area (TPSA) is 55.6 Å². The minimum atomic E-state index is -4.85. The average Bonchev–Trinajstić information content (AvgIpc) is 2.52. The summed E-state index contributed by atoms with van der Waals surface area (Å²) in [7, 11) is 1.08. The first-order valence-electron chi connectivity index (χ1n) is 5.58. The number of amides is 1. The molecule has 0 atom stereocenters. The van der Waals surface area contributed by atoms with Crippen LogP contribution in [0.3, 0.4) is 0 Å². The van der Waals surface area contributed by atoms with Gasteiger partial charge in [-0.15, -0.1) is 0 Å². The summed E-state index contributed by atoms with van der Waals surface area (Å²) in [5.41, 5.74) is 6.13. The van der Waals surface area contributed by atoms with Crippen molar-refractivity contribution < 1.29 is 22.7 Å². The Hall–Kier alpha value is -1.92. The van der Waals surface area contributed by atoms with E-state index in [2.05, 4.69) is 0 Å². The molecule has 1 aliphatic rings. The number of nitrogens with two attached hydrogens (primary N) is 1. The number of alkyl halides is 3. The number of carbonyl (C=O) groups is 1. The fourth-order valence-electron chi connectivity index (χ4n) is 1.36. The molecule has 0 saturated carbocycles. The molecule has 19 heavy (non-hydrogen) atoms. The fraction of sp³-hybridized carbons (Fsp3) is 0.417. The molecule has 7 heteroatoms. The lowest BCUT2D eigenvalue weighted by Crippen LogP contribution is -2.40. The molecule has 0 aliphatic heterocycles. The third kappa shape index (κ3) is 5.07. The molecule has 0 radical (unpaired) electrons. The van der Waals surface area contributed by atoms with Crippen molar-refractivity contribution in [2.45, 2.75) is 12.6 Å². The van der Waals surface area contributed by atoms with E-state index in [0.717, 1.165) is 7.05 Å². The smallest absolute Gasteiger partial charge is 0.471 e. The van der Waals surface area contributed by atoms with Crippen molar-refractivity contribution in [2.75, 3.05) is 20.2 Å². The maximum atomic E-state index is 12.1. The minimum absolute atomic E-state index is 0.00820. The van der Waals surface area contributed by atoms with Crippen molar-refractivity contribution >= 4 is 5.91 Å². The second-order valence-corrected chi connectivity index (χ2v) is 3.98. The molecule has 1 aliphatic carbocycles. The van der Waals surface area contributed by atoms with Gasteiger partial charge in [0.2, 0.25) is 0 Å². The quantitative estimate of drug-likeness (QED) is 0.850. The number of carbonyl (C=O) groups excluding carboxylic acids is 1. The van der Waals surface area contributed by atoms with Crippen LogP contribution in [-0.2, 0) is 9.53 Å². The highest BCUT2D eigenvalue weighted by Gasteiger charge is 2.41. The van der Waals surface area contributed by atoms with Crippen molar-refractivity contribution in [1.29, 1.82) is 0 Å². The number of nitrogens with zero attached hydrogens (tertiary/aromatic N) is 1. The zero-order chi connectivity index (χ0) is 14.5. The summed E-state index contributed by atoms with van der Waals surface area (Å²) in [6.45, 7) is -0.148. The molecule has 1 amide bonds. The standard InChI is InChI=1S/C12H15F3N2O2/c1-17(11(18)12(13,14)15)7-8-19-10-4-2-3-9(16)5-6-10/h2-3,5-6H,4,7-8,16H2,1H3. The molecule has 4 nitrogen and oxygen atoms in total. The molecule has 0 unspecified atom stereocenters. The summed E-state index contributed by atoms with van der Waals surface area (Å²) in [5.74, 6) is -1.29. The number of halogens is 3. The Morgan fingerprint density at radius 3 is 2.79 bits per heavy atom. The van der Waals surface area contributed by atoms with Gasteiger partial charge in [0.05, 0.1) is 12.3 Å². The first kappa shape index (κ1) is 15.1. The van der Waals surface area contributed by atoms with Crippen LogP contribution in [0.5, 0.6) is 0 Å². The second kappa shape index (κ2) is 6.31. The van der Waals surface area contributed by atoms with Crippen molar-refractivity contribution in [3.05, 3.63) is 35.8 Å². The highest BCUT2D eigenvalue weighted by molar-refractivity contribution is 5.81. The molecule has 0 spiro atoms. The Bertz CT molecular complexity index is 425. The van der Waals surface area contributed by atoms with Gasteiger partial charge < -0.3 is 15.4 Å². The first-order valence-corrected chi connectivity index (χ1v) is 5.58. The van der Waals surface area contributed by atoms with E-state index in [9.17, 15) is 18.0 Å². The van der Waals surface area contributed by atoms with E-state index in [1.54, 1.807) is 24.3 Å². The summed E-state index contributed by atoms with van der Waals surface area (Å²) in [6.07, 6.45) is 2.45. The SMILES string of the molecule is CN(CCOC1=CC=C(N)C=CC1)C(=O)C(F)(F)F. The van der Waals surface area contributed by atoms with Gasteiger partial charge in [0, 0.05) is 19.2 Å². The number of allylic oxidation sites excluding steroid dienone is 4. The largest absolute Gasteiger partial charge is 0.496 e. The van der Waals surface area contributed by atoms with Crippen molar-refractivity contribution in [1.82, 2.24) is 4.90 Å². The normalized spacial score (nSPS) is 15.4. The molecule has 0 bridgehead atoms. The van der Waals surface area contributed by atoms with E-state index in [4.69, 9.17) is 10.5 Å². The number of hydrogen-bond acceptors (Lipinski definition) is 3. The molecular weight excluding hydrogens is 261 g/mol. The Labute approximate surface area is 109 Å². The Kier molecular flexibility index (Phi) is 5.02. The molecule has 106 valence electrons. The minimum Gasteiger partial charge on any atom is -0.496 e. The Morgan fingerprint density at radius 2 is 2.16 bits per heavy atom. The number of ether oxygens (including phenoxy) is 1. The summed E-state index contributed by atoms with van der Waals surface area (Å²) in [6, 6.07) is 0. The zero-order valence-corrected chi connectivity index (χ0v) is 10.4. The van der Waals surface area contributed by atoms with Gasteiger partial charge in [0.25, 0.3) is 0 Å². The van der Waals surface area contributed by atoms with E-state index in [1.165, 1.54) is 0 Å². The van der Waals surface area contributed by atoms with Gasteiger partial charge in [-0.1, -0.05) is 6.08 Å². The fourth-order valence-corrected chi connectivity index (χ4v) is 1.36. The van der Waals surface area contributed by atoms with Crippen LogP contribution in [0.15, 0.2) is 35.8 Å². The first-order chi connectivity index (χ1) is 8.80. The molecule has 0 aromatic heterocycles. The highest BCUT2D eigenvalue weighted by atomic mass is 19.4. The second-order valence-electron chi connectivity index (χ2n) is 3.98. The van der Waals surface area contributed by atoms with Crippen molar-refractivity contribution in [3.8, 4) is 0 Å². The van der Waals surface area contributed by atoms with E-state index in [0.29, 0.717) is 22.8 Å². The predicted octanol–water partition coefficient (Wildman–Crippen LogP) is 1.71. The van der Waals surface area contributed by atoms with Crippen LogP contribution in [0, 0.1) is 0 Å². The summed E-state index contributed by atoms with van der Waals surface area (Å²) < 4.78 is 41.6. The molecule has 2 N–H and O–H groups in total. The van der Waals surface area contributed by atoms with E-state index in [1.807, 2.05) is 0 Å². The van der Waals surface area contributed by atoms with Crippen LogP contribution in [-0.4, -0.2) is 37.2 Å². The average molecular weight is 276 g/mol. The molecule has 0 aromatic rings. The summed E-state index contributed by atoms with van der Waals surface area (Å²) >= 11 is 0. The van der Waals surface area contributed by atoms with Crippen LogP contribution < -0.4 is 5.73 Å². The maximum absolute atomic E-state index is 12.1. The van der Waals surface area contributed by atoms with E-state index < -0.39 is 12.1 Å².